The van der Waals surface area contributed by atoms with Gasteiger partial charge in [-0.2, -0.15) is 0 Å². The lowest BCUT2D eigenvalue weighted by molar-refractivity contribution is -0.123. The van der Waals surface area contributed by atoms with Gasteiger partial charge in [-0.15, -0.1) is 0 Å². The summed E-state index contributed by atoms with van der Waals surface area (Å²) in [4.78, 5) is 12.1. The van der Waals surface area contributed by atoms with E-state index in [1.165, 1.54) is 6.42 Å². The predicted octanol–water partition coefficient (Wildman–Crippen LogP) is 3.82. The highest BCUT2D eigenvalue weighted by Gasteiger charge is 2.37. The van der Waals surface area contributed by atoms with Crippen molar-refractivity contribution >= 4 is 5.78 Å². The molecule has 110 valence electrons. The average Bonchev–Trinajstić information content (AvgIpc) is 2.27. The number of alkyl halides is 2. The maximum atomic E-state index is 13.3. The topological polar surface area (TPSA) is 43.1 Å². The molecule has 1 atom stereocenters. The molecule has 0 aromatic rings. The largest absolute Gasteiger partial charge is 0.325 e. The molecule has 0 spiro atoms. The van der Waals surface area contributed by atoms with Crippen LogP contribution in [-0.2, 0) is 4.79 Å². The number of Topliss-reactive ketones (excluding diaryl/α,β-unsaturated/α-hetero) is 1. The smallest absolute Gasteiger partial charge is 0.248 e. The molecule has 2 N–H and O–H groups in total. The van der Waals surface area contributed by atoms with Gasteiger partial charge >= 0.3 is 0 Å². The van der Waals surface area contributed by atoms with Crippen molar-refractivity contribution in [2.75, 3.05) is 0 Å². The van der Waals surface area contributed by atoms with E-state index in [4.69, 9.17) is 5.73 Å². The summed E-state index contributed by atoms with van der Waals surface area (Å²) in [5.41, 5.74) is 5.89. The number of halogens is 2. The number of nitrogens with two attached hydrogens (primary N) is 1. The molecule has 0 aromatic heterocycles. The van der Waals surface area contributed by atoms with E-state index in [1.54, 1.807) is 0 Å². The fraction of sp³-hybridized carbons (Fsp3) is 0.933. The Bertz CT molecular complexity index is 324. The fourth-order valence-corrected chi connectivity index (χ4v) is 3.67. The van der Waals surface area contributed by atoms with E-state index >= 15 is 0 Å². The second kappa shape index (κ2) is 5.86. The molecule has 2 rings (SSSR count). The van der Waals surface area contributed by atoms with Gasteiger partial charge in [0.2, 0.25) is 5.92 Å². The molecule has 0 aromatic carbocycles. The summed E-state index contributed by atoms with van der Waals surface area (Å²) in [6, 6.07) is 0. The fourth-order valence-electron chi connectivity index (χ4n) is 3.67. The van der Waals surface area contributed by atoms with Gasteiger partial charge in [0, 0.05) is 31.2 Å². The first-order valence-electron chi connectivity index (χ1n) is 7.57. The van der Waals surface area contributed by atoms with Crippen molar-refractivity contribution < 1.29 is 13.6 Å². The number of ketones is 1. The average molecular weight is 273 g/mol. The number of hydrogen-bond acceptors (Lipinski definition) is 2. The van der Waals surface area contributed by atoms with Crippen LogP contribution in [0.4, 0.5) is 8.78 Å². The first-order chi connectivity index (χ1) is 8.89. The van der Waals surface area contributed by atoms with E-state index in [2.05, 4.69) is 0 Å². The molecule has 0 bridgehead atoms. The summed E-state index contributed by atoms with van der Waals surface area (Å²) in [7, 11) is 0. The van der Waals surface area contributed by atoms with E-state index in [9.17, 15) is 13.6 Å². The molecular weight excluding hydrogens is 248 g/mol. The summed E-state index contributed by atoms with van der Waals surface area (Å²) >= 11 is 0. The van der Waals surface area contributed by atoms with E-state index < -0.39 is 5.92 Å². The van der Waals surface area contributed by atoms with Crippen molar-refractivity contribution in [2.24, 2.45) is 11.7 Å². The van der Waals surface area contributed by atoms with Gasteiger partial charge in [-0.1, -0.05) is 19.3 Å². The second-order valence-corrected chi connectivity index (χ2v) is 6.66. The van der Waals surface area contributed by atoms with Gasteiger partial charge in [-0.05, 0) is 31.6 Å². The quantitative estimate of drug-likeness (QED) is 0.846. The number of rotatable bonds is 4. The Balaban J connectivity index is 1.80. The lowest BCUT2D eigenvalue weighted by Crippen LogP contribution is -2.44. The van der Waals surface area contributed by atoms with E-state index in [-0.39, 0.29) is 30.1 Å². The van der Waals surface area contributed by atoms with Gasteiger partial charge in [0.05, 0.1) is 0 Å². The SMILES string of the molecule is NC1(CC(=O)CC2CCCC(F)(F)C2)CCCCC1. The molecule has 0 saturated heterocycles. The van der Waals surface area contributed by atoms with Crippen molar-refractivity contribution in [3.05, 3.63) is 0 Å². The van der Waals surface area contributed by atoms with E-state index in [1.807, 2.05) is 0 Å². The van der Waals surface area contributed by atoms with Gasteiger partial charge in [0.25, 0.3) is 0 Å². The van der Waals surface area contributed by atoms with Crippen LogP contribution in [0.15, 0.2) is 0 Å². The molecule has 2 aliphatic carbocycles. The molecule has 2 saturated carbocycles. The molecule has 2 fully saturated rings. The molecule has 2 aliphatic rings. The number of carbonyl (C=O) groups is 1. The Hall–Kier alpha value is -0.510. The van der Waals surface area contributed by atoms with Crippen LogP contribution < -0.4 is 5.73 Å². The third-order valence-corrected chi connectivity index (χ3v) is 4.66. The van der Waals surface area contributed by atoms with Crippen LogP contribution in [0.25, 0.3) is 0 Å². The van der Waals surface area contributed by atoms with Crippen LogP contribution in [-0.4, -0.2) is 17.2 Å². The van der Waals surface area contributed by atoms with Crippen LogP contribution in [0.5, 0.6) is 0 Å². The highest BCUT2D eigenvalue weighted by Crippen LogP contribution is 2.39. The van der Waals surface area contributed by atoms with E-state index in [0.717, 1.165) is 32.1 Å². The Morgan fingerprint density at radius 2 is 1.79 bits per heavy atom. The minimum absolute atomic E-state index is 0.0154. The Morgan fingerprint density at radius 1 is 1.11 bits per heavy atom. The first kappa shape index (κ1) is 14.9. The predicted molar refractivity (Wildman–Crippen MR) is 71.1 cm³/mol. The molecular formula is C15H25F2NO. The maximum Gasteiger partial charge on any atom is 0.248 e. The third-order valence-electron chi connectivity index (χ3n) is 4.66. The normalized spacial score (nSPS) is 29.9. The molecule has 2 nitrogen and oxygen atoms in total. The molecule has 19 heavy (non-hydrogen) atoms. The molecule has 4 heteroatoms. The van der Waals surface area contributed by atoms with Gasteiger partial charge in [-0.25, -0.2) is 8.78 Å². The lowest BCUT2D eigenvalue weighted by atomic mass is 9.76. The van der Waals surface area contributed by atoms with Crippen molar-refractivity contribution in [3.63, 3.8) is 0 Å². The Labute approximate surface area is 114 Å². The molecule has 1 unspecified atom stereocenters. The molecule has 0 amide bonds. The third kappa shape index (κ3) is 4.51. The summed E-state index contributed by atoms with van der Waals surface area (Å²) in [6.45, 7) is 0. The Kier molecular flexibility index (Phi) is 4.59. The van der Waals surface area contributed by atoms with Crippen molar-refractivity contribution in [3.8, 4) is 0 Å². The summed E-state index contributed by atoms with van der Waals surface area (Å²) in [5.74, 6) is -2.61. The highest BCUT2D eigenvalue weighted by molar-refractivity contribution is 5.79. The van der Waals surface area contributed by atoms with Gasteiger partial charge in [0.15, 0.2) is 0 Å². The van der Waals surface area contributed by atoms with Crippen LogP contribution in [0, 0.1) is 5.92 Å². The summed E-state index contributed by atoms with van der Waals surface area (Å²) < 4.78 is 26.6. The molecule has 0 heterocycles. The zero-order valence-electron chi connectivity index (χ0n) is 11.6. The highest BCUT2D eigenvalue weighted by atomic mass is 19.3. The van der Waals surface area contributed by atoms with Crippen LogP contribution in [0.2, 0.25) is 0 Å². The molecule has 0 aliphatic heterocycles. The summed E-state index contributed by atoms with van der Waals surface area (Å²) in [5, 5.41) is 0. The monoisotopic (exact) mass is 273 g/mol. The second-order valence-electron chi connectivity index (χ2n) is 6.66. The van der Waals surface area contributed by atoms with Crippen LogP contribution >= 0.6 is 0 Å². The maximum absolute atomic E-state index is 13.3. The van der Waals surface area contributed by atoms with Gasteiger partial charge in [-0.3, -0.25) is 4.79 Å². The molecule has 0 radical (unpaired) electrons. The van der Waals surface area contributed by atoms with Gasteiger partial charge in [0.1, 0.15) is 5.78 Å². The van der Waals surface area contributed by atoms with Crippen molar-refractivity contribution in [1.29, 1.82) is 0 Å². The summed E-state index contributed by atoms with van der Waals surface area (Å²) in [6.07, 6.45) is 7.04. The van der Waals surface area contributed by atoms with Crippen molar-refractivity contribution in [1.82, 2.24) is 0 Å². The minimum atomic E-state index is -2.56. The first-order valence-corrected chi connectivity index (χ1v) is 7.57. The minimum Gasteiger partial charge on any atom is -0.325 e. The number of carbonyl (C=O) groups excluding carboxylic acids is 1. The lowest BCUT2D eigenvalue weighted by Gasteiger charge is -2.34. The van der Waals surface area contributed by atoms with Crippen LogP contribution in [0.3, 0.4) is 0 Å². The Morgan fingerprint density at radius 3 is 2.42 bits per heavy atom. The van der Waals surface area contributed by atoms with Crippen LogP contribution in [0.1, 0.15) is 70.6 Å². The van der Waals surface area contributed by atoms with Gasteiger partial charge < -0.3 is 5.73 Å². The number of hydrogen-bond donors (Lipinski definition) is 1. The van der Waals surface area contributed by atoms with Crippen molar-refractivity contribution in [2.45, 2.75) is 82.1 Å². The zero-order chi connectivity index (χ0) is 13.9. The van der Waals surface area contributed by atoms with E-state index in [0.29, 0.717) is 19.3 Å². The standard InChI is InChI=1S/C15H25F2NO/c16-15(17)8-4-5-12(10-15)9-13(19)11-14(18)6-2-1-3-7-14/h12H,1-11,18H2. The zero-order valence-corrected chi connectivity index (χ0v) is 11.6.